The number of hydrogen-bond donors (Lipinski definition) is 1. The number of carbonyl (C=O) groups is 1. The highest BCUT2D eigenvalue weighted by Gasteiger charge is 2.17. The van der Waals surface area contributed by atoms with Crippen molar-refractivity contribution in [3.63, 3.8) is 0 Å². The van der Waals surface area contributed by atoms with E-state index in [9.17, 15) is 9.18 Å². The normalized spacial score (nSPS) is 10.6. The molecular formula is C13H12FNO3. The average Bonchev–Trinajstić information content (AvgIpc) is 2.79. The van der Waals surface area contributed by atoms with E-state index in [-0.39, 0.29) is 11.5 Å². The van der Waals surface area contributed by atoms with Gasteiger partial charge in [-0.1, -0.05) is 30.6 Å². The number of nitrogens with zero attached hydrogens (tertiary/aromatic N) is 1. The SMILES string of the molecule is CCCc1cccc(F)c1-c1cc(C(=O)O)no1. The molecule has 0 amide bonds. The number of aryl methyl sites for hydroxylation is 1. The molecule has 18 heavy (non-hydrogen) atoms. The average molecular weight is 249 g/mol. The molecule has 0 atom stereocenters. The number of rotatable bonds is 4. The smallest absolute Gasteiger partial charge is 0.358 e. The van der Waals surface area contributed by atoms with E-state index in [0.717, 1.165) is 12.0 Å². The molecule has 94 valence electrons. The maximum atomic E-state index is 13.8. The van der Waals surface area contributed by atoms with Gasteiger partial charge in [0.05, 0.1) is 5.56 Å². The van der Waals surface area contributed by atoms with Gasteiger partial charge >= 0.3 is 5.97 Å². The minimum absolute atomic E-state index is 0.147. The lowest BCUT2D eigenvalue weighted by atomic mass is 10.0. The second kappa shape index (κ2) is 5.00. The largest absolute Gasteiger partial charge is 0.476 e. The van der Waals surface area contributed by atoms with Crippen molar-refractivity contribution in [3.05, 3.63) is 41.3 Å². The van der Waals surface area contributed by atoms with E-state index in [0.29, 0.717) is 12.0 Å². The molecule has 0 aliphatic carbocycles. The second-order valence-corrected chi connectivity index (χ2v) is 3.91. The molecule has 1 N–H and O–H groups in total. The summed E-state index contributed by atoms with van der Waals surface area (Å²) in [6.07, 6.45) is 1.55. The first-order valence-electron chi connectivity index (χ1n) is 5.61. The summed E-state index contributed by atoms with van der Waals surface area (Å²) >= 11 is 0. The first-order valence-corrected chi connectivity index (χ1v) is 5.61. The van der Waals surface area contributed by atoms with Gasteiger partial charge in [0.15, 0.2) is 11.5 Å². The zero-order valence-electron chi connectivity index (χ0n) is 9.81. The maximum absolute atomic E-state index is 13.8. The van der Waals surface area contributed by atoms with Crippen molar-refractivity contribution < 1.29 is 18.8 Å². The molecule has 0 radical (unpaired) electrons. The van der Waals surface area contributed by atoms with Crippen LogP contribution in [0.4, 0.5) is 4.39 Å². The van der Waals surface area contributed by atoms with Crippen LogP contribution in [0.3, 0.4) is 0 Å². The van der Waals surface area contributed by atoms with Gasteiger partial charge in [0.2, 0.25) is 0 Å². The molecule has 0 fully saturated rings. The van der Waals surface area contributed by atoms with Crippen molar-refractivity contribution in [2.75, 3.05) is 0 Å². The Labute approximate surface area is 103 Å². The van der Waals surface area contributed by atoms with Gasteiger partial charge in [-0.3, -0.25) is 0 Å². The van der Waals surface area contributed by atoms with Crippen LogP contribution in [0.2, 0.25) is 0 Å². The van der Waals surface area contributed by atoms with Crippen LogP contribution in [0.15, 0.2) is 28.8 Å². The van der Waals surface area contributed by atoms with Gasteiger partial charge in [0, 0.05) is 6.07 Å². The van der Waals surface area contributed by atoms with Crippen LogP contribution < -0.4 is 0 Å². The Morgan fingerprint density at radius 3 is 2.89 bits per heavy atom. The van der Waals surface area contributed by atoms with Gasteiger partial charge in [0.1, 0.15) is 5.82 Å². The lowest BCUT2D eigenvalue weighted by Gasteiger charge is -2.06. The highest BCUT2D eigenvalue weighted by atomic mass is 19.1. The summed E-state index contributed by atoms with van der Waals surface area (Å²) in [5.41, 5.74) is 0.848. The topological polar surface area (TPSA) is 63.3 Å². The van der Waals surface area contributed by atoms with Crippen LogP contribution >= 0.6 is 0 Å². The Hall–Kier alpha value is -2.17. The van der Waals surface area contributed by atoms with E-state index in [1.54, 1.807) is 12.1 Å². The zero-order valence-corrected chi connectivity index (χ0v) is 9.81. The van der Waals surface area contributed by atoms with Crippen LogP contribution in [0, 0.1) is 5.82 Å². The van der Waals surface area contributed by atoms with Crippen molar-refractivity contribution in [2.24, 2.45) is 0 Å². The highest BCUT2D eigenvalue weighted by Crippen LogP contribution is 2.28. The monoisotopic (exact) mass is 249 g/mol. The summed E-state index contributed by atoms with van der Waals surface area (Å²) in [5, 5.41) is 12.2. The Bertz CT molecular complexity index is 577. The standard InChI is InChI=1S/C13H12FNO3/c1-2-4-8-5-3-6-9(14)12(8)11-7-10(13(16)17)15-18-11/h3,5-7H,2,4H2,1H3,(H,16,17). The van der Waals surface area contributed by atoms with Gasteiger partial charge in [-0.05, 0) is 18.1 Å². The Morgan fingerprint density at radius 2 is 2.28 bits per heavy atom. The molecule has 0 aliphatic rings. The summed E-state index contributed by atoms with van der Waals surface area (Å²) < 4.78 is 18.7. The van der Waals surface area contributed by atoms with E-state index < -0.39 is 11.8 Å². The minimum Gasteiger partial charge on any atom is -0.476 e. The van der Waals surface area contributed by atoms with Crippen LogP contribution in [-0.4, -0.2) is 16.2 Å². The second-order valence-electron chi connectivity index (χ2n) is 3.91. The number of aromatic carboxylic acids is 1. The lowest BCUT2D eigenvalue weighted by Crippen LogP contribution is -1.95. The van der Waals surface area contributed by atoms with Crippen molar-refractivity contribution in [2.45, 2.75) is 19.8 Å². The summed E-state index contributed by atoms with van der Waals surface area (Å²) in [5.74, 6) is -1.48. The summed E-state index contributed by atoms with van der Waals surface area (Å²) in [7, 11) is 0. The zero-order chi connectivity index (χ0) is 13.1. The van der Waals surface area contributed by atoms with Gasteiger partial charge in [-0.2, -0.15) is 0 Å². The van der Waals surface area contributed by atoms with E-state index in [2.05, 4.69) is 5.16 Å². The van der Waals surface area contributed by atoms with Gasteiger partial charge in [0.25, 0.3) is 0 Å². The molecule has 0 unspecified atom stereocenters. The van der Waals surface area contributed by atoms with Crippen molar-refractivity contribution in [3.8, 4) is 11.3 Å². The number of carboxylic acids is 1. The fraction of sp³-hybridized carbons (Fsp3) is 0.231. The predicted molar refractivity (Wildman–Crippen MR) is 62.9 cm³/mol. The minimum atomic E-state index is -1.20. The fourth-order valence-corrected chi connectivity index (χ4v) is 1.82. The molecule has 1 aromatic carbocycles. The molecule has 2 rings (SSSR count). The Balaban J connectivity index is 2.51. The van der Waals surface area contributed by atoms with Gasteiger partial charge in [-0.25, -0.2) is 9.18 Å². The third-order valence-corrected chi connectivity index (χ3v) is 2.59. The van der Waals surface area contributed by atoms with E-state index in [4.69, 9.17) is 9.63 Å². The van der Waals surface area contributed by atoms with Crippen molar-refractivity contribution in [1.29, 1.82) is 0 Å². The highest BCUT2D eigenvalue weighted by molar-refractivity contribution is 5.86. The van der Waals surface area contributed by atoms with E-state index in [1.807, 2.05) is 6.92 Å². The Morgan fingerprint density at radius 1 is 1.50 bits per heavy atom. The van der Waals surface area contributed by atoms with Crippen LogP contribution in [0.25, 0.3) is 11.3 Å². The van der Waals surface area contributed by atoms with Crippen molar-refractivity contribution in [1.82, 2.24) is 5.16 Å². The quantitative estimate of drug-likeness (QED) is 0.904. The summed E-state index contributed by atoms with van der Waals surface area (Å²) in [4.78, 5) is 10.7. The predicted octanol–water partition coefficient (Wildman–Crippen LogP) is 3.13. The first-order chi connectivity index (χ1) is 8.63. The number of halogens is 1. The van der Waals surface area contributed by atoms with E-state index >= 15 is 0 Å². The van der Waals surface area contributed by atoms with Gasteiger partial charge < -0.3 is 9.63 Å². The molecular weight excluding hydrogens is 237 g/mol. The molecule has 2 aromatic rings. The van der Waals surface area contributed by atoms with Crippen LogP contribution in [0.5, 0.6) is 0 Å². The number of hydrogen-bond acceptors (Lipinski definition) is 3. The fourth-order valence-electron chi connectivity index (χ4n) is 1.82. The molecule has 0 aliphatic heterocycles. The third kappa shape index (κ3) is 2.25. The molecule has 1 heterocycles. The molecule has 5 heteroatoms. The molecule has 1 aromatic heterocycles. The van der Waals surface area contributed by atoms with Gasteiger partial charge in [-0.15, -0.1) is 0 Å². The Kier molecular flexibility index (Phi) is 3.41. The van der Waals surface area contributed by atoms with E-state index in [1.165, 1.54) is 12.1 Å². The summed E-state index contributed by atoms with van der Waals surface area (Å²) in [6, 6.07) is 5.97. The van der Waals surface area contributed by atoms with Crippen LogP contribution in [-0.2, 0) is 6.42 Å². The maximum Gasteiger partial charge on any atom is 0.358 e. The lowest BCUT2D eigenvalue weighted by molar-refractivity contribution is 0.0686. The summed E-state index contributed by atoms with van der Waals surface area (Å²) in [6.45, 7) is 1.98. The first kappa shape index (κ1) is 12.3. The van der Waals surface area contributed by atoms with Crippen LogP contribution in [0.1, 0.15) is 29.4 Å². The number of aromatic nitrogens is 1. The van der Waals surface area contributed by atoms with Crippen molar-refractivity contribution >= 4 is 5.97 Å². The molecule has 0 spiro atoms. The molecule has 4 nitrogen and oxygen atoms in total. The third-order valence-electron chi connectivity index (χ3n) is 2.59. The molecule has 0 saturated carbocycles. The number of carboxylic acid groups (broad SMARTS) is 1. The number of benzene rings is 1. The molecule has 0 saturated heterocycles. The molecule has 0 bridgehead atoms.